The Kier molecular flexibility index (Phi) is 4.93. The molecule has 10 nitrogen and oxygen atoms in total. The van der Waals surface area contributed by atoms with Crippen LogP contribution in [0.15, 0.2) is 55.1 Å². The highest BCUT2D eigenvalue weighted by Crippen LogP contribution is 2.27. The van der Waals surface area contributed by atoms with Gasteiger partial charge in [0.1, 0.15) is 18.4 Å². The van der Waals surface area contributed by atoms with Crippen LogP contribution in [0.5, 0.6) is 5.75 Å². The molecule has 0 radical (unpaired) electrons. The first-order valence-electron chi connectivity index (χ1n) is 7.55. The molecule has 11 heteroatoms. The predicted molar refractivity (Wildman–Crippen MR) is 96.0 cm³/mol. The predicted octanol–water partition coefficient (Wildman–Crippen LogP) is 1.54. The molecule has 0 atom stereocenters. The second kappa shape index (κ2) is 7.32. The Hall–Kier alpha value is -3.62. The molecule has 0 spiro atoms. The third kappa shape index (κ3) is 4.51. The van der Waals surface area contributed by atoms with E-state index in [2.05, 4.69) is 16.3 Å². The van der Waals surface area contributed by atoms with E-state index in [1.165, 1.54) is 24.8 Å². The summed E-state index contributed by atoms with van der Waals surface area (Å²) in [4.78, 5) is 0. The number of hydrogen-bond donors (Lipinski definition) is 3. The van der Waals surface area contributed by atoms with Crippen molar-refractivity contribution < 1.29 is 18.1 Å². The first kappa shape index (κ1) is 18.2. The van der Waals surface area contributed by atoms with E-state index in [4.69, 9.17) is 9.81 Å². The van der Waals surface area contributed by atoms with Crippen molar-refractivity contribution in [2.75, 3.05) is 9.73 Å². The van der Waals surface area contributed by atoms with Crippen LogP contribution < -0.4 is 9.73 Å². The molecule has 138 valence electrons. The summed E-state index contributed by atoms with van der Waals surface area (Å²) in [7, 11) is -4.49. The number of phenolic OH excluding ortho intramolecular Hbond substituents is 1. The Balaban J connectivity index is 1.91. The molecule has 0 saturated heterocycles. The minimum atomic E-state index is -4.49. The van der Waals surface area contributed by atoms with Crippen LogP contribution in [0.3, 0.4) is 0 Å². The molecule has 0 aliphatic rings. The van der Waals surface area contributed by atoms with Gasteiger partial charge in [0.05, 0.1) is 29.6 Å². The average molecular weight is 386 g/mol. The SMILES string of the molecule is N#Cc1ccc(N(Cc2ccc(NS(=O)(=O)O)c(O)c2)n2cnnc2)cc1. The van der Waals surface area contributed by atoms with E-state index in [9.17, 15) is 13.5 Å². The smallest absolute Gasteiger partial charge is 0.357 e. The number of aromatic nitrogens is 3. The van der Waals surface area contributed by atoms with Crippen LogP contribution in [0.4, 0.5) is 11.4 Å². The minimum absolute atomic E-state index is 0.143. The average Bonchev–Trinajstić information content (AvgIpc) is 3.15. The van der Waals surface area contributed by atoms with Gasteiger partial charge in [0.25, 0.3) is 0 Å². The Morgan fingerprint density at radius 2 is 1.81 bits per heavy atom. The number of nitrogens with zero attached hydrogens (tertiary/aromatic N) is 5. The molecule has 0 fully saturated rings. The Morgan fingerprint density at radius 1 is 1.15 bits per heavy atom. The van der Waals surface area contributed by atoms with Crippen LogP contribution in [-0.2, 0) is 16.8 Å². The van der Waals surface area contributed by atoms with Crippen LogP contribution in [0.1, 0.15) is 11.1 Å². The van der Waals surface area contributed by atoms with Gasteiger partial charge in [-0.15, -0.1) is 10.2 Å². The van der Waals surface area contributed by atoms with Gasteiger partial charge in [-0.3, -0.25) is 14.3 Å². The first-order valence-corrected chi connectivity index (χ1v) is 8.99. The molecule has 3 N–H and O–H groups in total. The van der Waals surface area contributed by atoms with Crippen molar-refractivity contribution in [3.05, 3.63) is 66.2 Å². The molecule has 1 heterocycles. The molecule has 2 aromatic carbocycles. The number of rotatable bonds is 6. The largest absolute Gasteiger partial charge is 0.506 e. The molecule has 3 rings (SSSR count). The van der Waals surface area contributed by atoms with Crippen LogP contribution >= 0.6 is 0 Å². The maximum absolute atomic E-state index is 10.9. The normalized spacial score (nSPS) is 11.0. The number of nitrogens with one attached hydrogen (secondary N) is 1. The molecule has 0 aliphatic carbocycles. The zero-order valence-corrected chi connectivity index (χ0v) is 14.6. The van der Waals surface area contributed by atoms with Crippen molar-refractivity contribution in [2.45, 2.75) is 6.54 Å². The van der Waals surface area contributed by atoms with Gasteiger partial charge in [0.2, 0.25) is 0 Å². The van der Waals surface area contributed by atoms with E-state index in [0.717, 1.165) is 5.69 Å². The zero-order chi connectivity index (χ0) is 19.4. The summed E-state index contributed by atoms with van der Waals surface area (Å²) in [6.07, 6.45) is 2.98. The van der Waals surface area contributed by atoms with Gasteiger partial charge < -0.3 is 5.11 Å². The van der Waals surface area contributed by atoms with E-state index in [1.807, 2.05) is 4.72 Å². The molecular formula is C16H14N6O4S. The lowest BCUT2D eigenvalue weighted by atomic mass is 10.1. The Labute approximate surface area is 154 Å². The van der Waals surface area contributed by atoms with Crippen LogP contribution in [0, 0.1) is 11.3 Å². The van der Waals surface area contributed by atoms with Gasteiger partial charge in [-0.05, 0) is 42.0 Å². The molecule has 0 saturated carbocycles. The van der Waals surface area contributed by atoms with Crippen molar-refractivity contribution in [2.24, 2.45) is 0 Å². The highest BCUT2D eigenvalue weighted by molar-refractivity contribution is 7.87. The zero-order valence-electron chi connectivity index (χ0n) is 13.8. The molecule has 3 aromatic rings. The number of nitriles is 1. The van der Waals surface area contributed by atoms with E-state index >= 15 is 0 Å². The second-order valence-electron chi connectivity index (χ2n) is 5.49. The Morgan fingerprint density at radius 3 is 2.37 bits per heavy atom. The van der Waals surface area contributed by atoms with E-state index < -0.39 is 10.3 Å². The fourth-order valence-electron chi connectivity index (χ4n) is 2.41. The van der Waals surface area contributed by atoms with E-state index in [1.54, 1.807) is 40.0 Å². The summed E-state index contributed by atoms with van der Waals surface area (Å²) in [6.45, 7) is 0.281. The van der Waals surface area contributed by atoms with Crippen molar-refractivity contribution in [1.29, 1.82) is 5.26 Å². The standard InChI is InChI=1S/C16H14N6O4S/c17-8-12-1-4-14(5-2-12)22(21-10-18-19-11-21)9-13-3-6-15(16(23)7-13)20-27(24,25)26/h1-7,10-11,20,23H,9H2,(H,24,25,26). The van der Waals surface area contributed by atoms with Crippen LogP contribution in [-0.4, -0.2) is 33.0 Å². The van der Waals surface area contributed by atoms with Crippen molar-refractivity contribution in [1.82, 2.24) is 14.9 Å². The molecule has 0 bridgehead atoms. The third-order valence-electron chi connectivity index (χ3n) is 3.61. The van der Waals surface area contributed by atoms with Crippen LogP contribution in [0.2, 0.25) is 0 Å². The summed E-state index contributed by atoms with van der Waals surface area (Å²) in [6, 6.07) is 13.2. The second-order valence-corrected chi connectivity index (χ2v) is 6.64. The minimum Gasteiger partial charge on any atom is -0.506 e. The first-order chi connectivity index (χ1) is 12.9. The number of phenols is 1. The summed E-state index contributed by atoms with van der Waals surface area (Å²) >= 11 is 0. The Bertz CT molecular complexity index is 1080. The molecule has 0 amide bonds. The summed E-state index contributed by atoms with van der Waals surface area (Å²) in [5, 5.41) is 28.3. The van der Waals surface area contributed by atoms with Gasteiger partial charge in [0.15, 0.2) is 0 Å². The van der Waals surface area contributed by atoms with Crippen molar-refractivity contribution >= 4 is 21.7 Å². The number of aromatic hydroxyl groups is 1. The molecule has 27 heavy (non-hydrogen) atoms. The molecule has 0 unspecified atom stereocenters. The lowest BCUT2D eigenvalue weighted by Gasteiger charge is -2.25. The topological polar surface area (TPSA) is 144 Å². The quantitative estimate of drug-likeness (QED) is 0.427. The van der Waals surface area contributed by atoms with E-state index in [0.29, 0.717) is 11.1 Å². The highest BCUT2D eigenvalue weighted by Gasteiger charge is 2.13. The highest BCUT2D eigenvalue weighted by atomic mass is 32.2. The summed E-state index contributed by atoms with van der Waals surface area (Å²) in [5.74, 6) is -0.339. The number of benzene rings is 2. The molecular weight excluding hydrogens is 372 g/mol. The van der Waals surface area contributed by atoms with Gasteiger partial charge in [-0.1, -0.05) is 6.07 Å². The number of hydrogen-bond acceptors (Lipinski definition) is 7. The fraction of sp³-hybridized carbons (Fsp3) is 0.0625. The monoisotopic (exact) mass is 386 g/mol. The lowest BCUT2D eigenvalue weighted by molar-refractivity contribution is 0.472. The van der Waals surface area contributed by atoms with Gasteiger partial charge >= 0.3 is 10.3 Å². The fourth-order valence-corrected chi connectivity index (χ4v) is 2.86. The maximum Gasteiger partial charge on any atom is 0.357 e. The van der Waals surface area contributed by atoms with E-state index in [-0.39, 0.29) is 18.0 Å². The van der Waals surface area contributed by atoms with Gasteiger partial charge in [0, 0.05) is 0 Å². The number of anilines is 2. The molecule has 0 aliphatic heterocycles. The maximum atomic E-state index is 10.9. The van der Waals surface area contributed by atoms with Crippen LogP contribution in [0.25, 0.3) is 0 Å². The van der Waals surface area contributed by atoms with Crippen molar-refractivity contribution in [3.63, 3.8) is 0 Å². The van der Waals surface area contributed by atoms with Gasteiger partial charge in [-0.25, -0.2) is 4.68 Å². The summed E-state index contributed by atoms with van der Waals surface area (Å²) in [5.41, 5.74) is 1.76. The lowest BCUT2D eigenvalue weighted by Crippen LogP contribution is -2.27. The van der Waals surface area contributed by atoms with Crippen molar-refractivity contribution in [3.8, 4) is 11.8 Å². The summed E-state index contributed by atoms with van der Waals surface area (Å²) < 4.78 is 34.1. The van der Waals surface area contributed by atoms with Gasteiger partial charge in [-0.2, -0.15) is 13.7 Å². The molecule has 1 aromatic heterocycles. The third-order valence-corrected chi connectivity index (χ3v) is 4.09.